The highest BCUT2D eigenvalue weighted by Crippen LogP contribution is 2.35. The molecule has 1 heterocycles. The highest BCUT2D eigenvalue weighted by molar-refractivity contribution is 9.10. The second kappa shape index (κ2) is 5.50. The number of sulfonamides is 1. The van der Waals surface area contributed by atoms with Crippen molar-refractivity contribution in [2.45, 2.75) is 10.4 Å². The molecule has 0 saturated heterocycles. The molecule has 0 unspecified atom stereocenters. The summed E-state index contributed by atoms with van der Waals surface area (Å²) < 4.78 is 64.3. The molecule has 0 atom stereocenters. The predicted molar refractivity (Wildman–Crippen MR) is 78.7 cm³/mol. The van der Waals surface area contributed by atoms with E-state index in [0.717, 1.165) is 29.5 Å². The molecule has 114 valence electrons. The molecule has 4 nitrogen and oxygen atoms in total. The summed E-state index contributed by atoms with van der Waals surface area (Å²) in [5.74, 6) is 0. The van der Waals surface area contributed by atoms with Crippen molar-refractivity contribution in [1.29, 1.82) is 0 Å². The molecule has 2 aromatic rings. The molecule has 0 aliphatic carbocycles. The fourth-order valence-corrected chi connectivity index (χ4v) is 4.07. The average molecular weight is 401 g/mol. The van der Waals surface area contributed by atoms with Crippen LogP contribution in [0.2, 0.25) is 0 Å². The van der Waals surface area contributed by atoms with Gasteiger partial charge in [0.05, 0.1) is 11.3 Å². The largest absolute Gasteiger partial charge is 0.416 e. The molecule has 0 spiro atoms. The maximum atomic E-state index is 12.7. The summed E-state index contributed by atoms with van der Waals surface area (Å²) in [4.78, 5) is 0. The van der Waals surface area contributed by atoms with E-state index < -0.39 is 21.8 Å². The van der Waals surface area contributed by atoms with Crippen LogP contribution in [0.1, 0.15) is 5.56 Å². The minimum absolute atomic E-state index is 0.0793. The minimum atomic E-state index is -4.56. The second-order valence-corrected chi connectivity index (χ2v) is 7.67. The summed E-state index contributed by atoms with van der Waals surface area (Å²) in [7, 11) is -3.99. The van der Waals surface area contributed by atoms with Gasteiger partial charge in [0.2, 0.25) is 0 Å². The molecule has 10 heteroatoms. The summed E-state index contributed by atoms with van der Waals surface area (Å²) in [5.41, 5.74) is 4.56. The number of hydrogen-bond donors (Lipinski definition) is 2. The standard InChI is InChI=1S/C11H8BrF3N2O2S2/c12-8-2-1-6(11(13,14)15)3-9(8)17-21(18,19)10-4-7(16)5-20-10/h1-5,17H,16H2. The molecule has 0 bridgehead atoms. The summed E-state index contributed by atoms with van der Waals surface area (Å²) >= 11 is 3.89. The Labute approximate surface area is 131 Å². The van der Waals surface area contributed by atoms with Gasteiger partial charge in [-0.3, -0.25) is 4.72 Å². The molecular weight excluding hydrogens is 393 g/mol. The Kier molecular flexibility index (Phi) is 4.22. The molecule has 0 fully saturated rings. The van der Waals surface area contributed by atoms with E-state index in [1.54, 1.807) is 0 Å². The monoisotopic (exact) mass is 400 g/mol. The first-order valence-corrected chi connectivity index (χ1v) is 8.49. The van der Waals surface area contributed by atoms with Gasteiger partial charge in [-0.2, -0.15) is 13.2 Å². The zero-order chi connectivity index (χ0) is 15.8. The highest BCUT2D eigenvalue weighted by atomic mass is 79.9. The smallest absolute Gasteiger partial charge is 0.398 e. The Balaban J connectivity index is 2.39. The van der Waals surface area contributed by atoms with E-state index in [0.29, 0.717) is 0 Å². The van der Waals surface area contributed by atoms with Crippen molar-refractivity contribution in [3.05, 3.63) is 39.7 Å². The van der Waals surface area contributed by atoms with Gasteiger partial charge in [-0.1, -0.05) is 0 Å². The number of nitrogens with two attached hydrogens (primary N) is 1. The van der Waals surface area contributed by atoms with Crippen LogP contribution in [-0.2, 0) is 16.2 Å². The quantitative estimate of drug-likeness (QED) is 0.819. The van der Waals surface area contributed by atoms with Gasteiger partial charge in [0.15, 0.2) is 0 Å². The fraction of sp³-hybridized carbons (Fsp3) is 0.0909. The lowest BCUT2D eigenvalue weighted by Crippen LogP contribution is -2.13. The summed E-state index contributed by atoms with van der Waals surface area (Å²) in [6, 6.07) is 3.93. The average Bonchev–Trinajstić information content (AvgIpc) is 2.78. The topological polar surface area (TPSA) is 72.2 Å². The normalized spacial score (nSPS) is 12.4. The number of halogens is 4. The zero-order valence-electron chi connectivity index (χ0n) is 10.1. The van der Waals surface area contributed by atoms with Crippen LogP contribution in [0.15, 0.2) is 38.3 Å². The number of hydrogen-bond acceptors (Lipinski definition) is 4. The third-order valence-corrected chi connectivity index (χ3v) is 5.91. The van der Waals surface area contributed by atoms with Crippen molar-refractivity contribution >= 4 is 48.7 Å². The SMILES string of the molecule is Nc1csc(S(=O)(=O)Nc2cc(C(F)(F)F)ccc2Br)c1. The molecule has 1 aromatic heterocycles. The Hall–Kier alpha value is -1.26. The van der Waals surface area contributed by atoms with Crippen molar-refractivity contribution in [3.63, 3.8) is 0 Å². The number of benzene rings is 1. The maximum absolute atomic E-state index is 12.7. The number of anilines is 2. The van der Waals surface area contributed by atoms with Crippen molar-refractivity contribution in [2.75, 3.05) is 10.5 Å². The molecule has 21 heavy (non-hydrogen) atoms. The van der Waals surface area contributed by atoms with Crippen LogP contribution in [0, 0.1) is 0 Å². The molecular formula is C11H8BrF3N2O2S2. The summed E-state index contributed by atoms with van der Waals surface area (Å²) in [5, 5.41) is 1.43. The van der Waals surface area contributed by atoms with Crippen LogP contribution < -0.4 is 10.5 Å². The number of alkyl halides is 3. The first-order chi connectivity index (χ1) is 9.59. The summed E-state index contributed by atoms with van der Waals surface area (Å²) in [6.07, 6.45) is -4.56. The zero-order valence-corrected chi connectivity index (χ0v) is 13.3. The van der Waals surface area contributed by atoms with E-state index in [-0.39, 0.29) is 20.1 Å². The third kappa shape index (κ3) is 3.69. The Morgan fingerprint density at radius 1 is 1.24 bits per heavy atom. The number of nitrogen functional groups attached to an aromatic ring is 1. The van der Waals surface area contributed by atoms with E-state index >= 15 is 0 Å². The second-order valence-electron chi connectivity index (χ2n) is 4.00. The lowest BCUT2D eigenvalue weighted by Gasteiger charge is -2.12. The Bertz CT molecular complexity index is 772. The van der Waals surface area contributed by atoms with Gasteiger partial charge in [-0.05, 0) is 40.2 Å². The van der Waals surface area contributed by atoms with E-state index in [2.05, 4.69) is 20.7 Å². The number of nitrogens with one attached hydrogen (secondary N) is 1. The van der Waals surface area contributed by atoms with Crippen molar-refractivity contribution in [1.82, 2.24) is 0 Å². The number of thiophene rings is 1. The van der Waals surface area contributed by atoms with Crippen LogP contribution in [-0.4, -0.2) is 8.42 Å². The van der Waals surface area contributed by atoms with Crippen molar-refractivity contribution in [3.8, 4) is 0 Å². The van der Waals surface area contributed by atoms with E-state index in [1.165, 1.54) is 11.4 Å². The van der Waals surface area contributed by atoms with Gasteiger partial charge < -0.3 is 5.73 Å². The van der Waals surface area contributed by atoms with Gasteiger partial charge >= 0.3 is 6.18 Å². The lowest BCUT2D eigenvalue weighted by atomic mass is 10.2. The highest BCUT2D eigenvalue weighted by Gasteiger charge is 2.31. The maximum Gasteiger partial charge on any atom is 0.416 e. The fourth-order valence-electron chi connectivity index (χ4n) is 1.45. The van der Waals surface area contributed by atoms with E-state index in [4.69, 9.17) is 5.73 Å². The van der Waals surface area contributed by atoms with Crippen molar-refractivity contribution in [2.24, 2.45) is 0 Å². The van der Waals surface area contributed by atoms with E-state index in [1.807, 2.05) is 0 Å². The molecule has 3 N–H and O–H groups in total. The minimum Gasteiger partial charge on any atom is -0.398 e. The Morgan fingerprint density at radius 2 is 1.90 bits per heavy atom. The number of rotatable bonds is 3. The molecule has 0 aliphatic rings. The van der Waals surface area contributed by atoms with Crippen LogP contribution in [0.3, 0.4) is 0 Å². The Morgan fingerprint density at radius 3 is 2.43 bits per heavy atom. The molecule has 0 aliphatic heterocycles. The molecule has 1 aromatic carbocycles. The van der Waals surface area contributed by atoms with Crippen molar-refractivity contribution < 1.29 is 21.6 Å². The molecule has 0 saturated carbocycles. The third-order valence-electron chi connectivity index (χ3n) is 2.40. The first-order valence-electron chi connectivity index (χ1n) is 5.33. The van der Waals surface area contributed by atoms with Crippen LogP contribution >= 0.6 is 27.3 Å². The van der Waals surface area contributed by atoms with Gasteiger partial charge in [-0.25, -0.2) is 8.42 Å². The van der Waals surface area contributed by atoms with Gasteiger partial charge in [0.25, 0.3) is 10.0 Å². The molecule has 0 amide bonds. The van der Waals surface area contributed by atoms with Gasteiger partial charge in [-0.15, -0.1) is 11.3 Å². The molecule has 2 rings (SSSR count). The first kappa shape index (κ1) is 16.1. The predicted octanol–water partition coefficient (Wildman–Crippen LogP) is 3.91. The van der Waals surface area contributed by atoms with Gasteiger partial charge in [0, 0.05) is 15.5 Å². The lowest BCUT2D eigenvalue weighted by molar-refractivity contribution is -0.137. The van der Waals surface area contributed by atoms with E-state index in [9.17, 15) is 21.6 Å². The van der Waals surface area contributed by atoms with Crippen LogP contribution in [0.5, 0.6) is 0 Å². The van der Waals surface area contributed by atoms with Crippen LogP contribution in [0.25, 0.3) is 0 Å². The van der Waals surface area contributed by atoms with Gasteiger partial charge in [0.1, 0.15) is 4.21 Å². The molecule has 0 radical (unpaired) electrons. The van der Waals surface area contributed by atoms with Crippen LogP contribution in [0.4, 0.5) is 24.5 Å². The summed E-state index contributed by atoms with van der Waals surface area (Å²) in [6.45, 7) is 0.